The van der Waals surface area contributed by atoms with Crippen LogP contribution < -0.4 is 10.6 Å². The van der Waals surface area contributed by atoms with Crippen molar-refractivity contribution in [2.45, 2.75) is 24.3 Å². The summed E-state index contributed by atoms with van der Waals surface area (Å²) in [6.07, 6.45) is 2.14. The molecule has 0 saturated carbocycles. The first-order valence-electron chi connectivity index (χ1n) is 7.45. The van der Waals surface area contributed by atoms with Crippen LogP contribution in [0.3, 0.4) is 0 Å². The van der Waals surface area contributed by atoms with Crippen LogP contribution in [-0.4, -0.2) is 18.1 Å². The second-order valence-electron chi connectivity index (χ2n) is 5.26. The summed E-state index contributed by atoms with van der Waals surface area (Å²) in [6, 6.07) is 14.9. The van der Waals surface area contributed by atoms with Gasteiger partial charge >= 0.3 is 0 Å². The Balaban J connectivity index is 2.12. The maximum absolute atomic E-state index is 12.4. The fourth-order valence-corrected chi connectivity index (χ4v) is 3.15. The van der Waals surface area contributed by atoms with Gasteiger partial charge in [0.15, 0.2) is 0 Å². The van der Waals surface area contributed by atoms with Crippen molar-refractivity contribution in [1.29, 1.82) is 0 Å². The number of halogens is 1. The van der Waals surface area contributed by atoms with E-state index in [1.54, 1.807) is 11.8 Å². The van der Waals surface area contributed by atoms with E-state index in [4.69, 9.17) is 0 Å². The van der Waals surface area contributed by atoms with Crippen LogP contribution in [0.25, 0.3) is 0 Å². The van der Waals surface area contributed by atoms with Crippen molar-refractivity contribution < 1.29 is 9.59 Å². The lowest BCUT2D eigenvalue weighted by Crippen LogP contribution is -2.29. The lowest BCUT2D eigenvalue weighted by Gasteiger charge is -2.18. The number of para-hydroxylation sites is 1. The monoisotopic (exact) mass is 406 g/mol. The van der Waals surface area contributed by atoms with Crippen LogP contribution in [0.2, 0.25) is 0 Å². The molecule has 24 heavy (non-hydrogen) atoms. The van der Waals surface area contributed by atoms with Gasteiger partial charge in [-0.05, 0) is 36.1 Å². The van der Waals surface area contributed by atoms with Gasteiger partial charge in [0.1, 0.15) is 0 Å². The zero-order chi connectivity index (χ0) is 17.5. The van der Waals surface area contributed by atoms with Gasteiger partial charge in [-0.2, -0.15) is 0 Å². The molecule has 6 heteroatoms. The second kappa shape index (κ2) is 8.89. The highest BCUT2D eigenvalue weighted by atomic mass is 79.9. The Morgan fingerprint density at radius 2 is 1.79 bits per heavy atom. The first kappa shape index (κ1) is 18.5. The molecule has 0 aromatic heterocycles. The number of benzene rings is 2. The van der Waals surface area contributed by atoms with Crippen molar-refractivity contribution in [3.63, 3.8) is 0 Å². The molecule has 0 fully saturated rings. The number of hydrogen-bond acceptors (Lipinski definition) is 3. The summed E-state index contributed by atoms with van der Waals surface area (Å²) in [5.74, 6) is -0.307. The van der Waals surface area contributed by atoms with Crippen molar-refractivity contribution in [2.75, 3.05) is 11.6 Å². The third-order valence-electron chi connectivity index (χ3n) is 3.42. The number of rotatable bonds is 6. The minimum absolute atomic E-state index is 0.141. The van der Waals surface area contributed by atoms with Crippen LogP contribution in [-0.2, 0) is 9.59 Å². The maximum atomic E-state index is 12.4. The predicted molar refractivity (Wildman–Crippen MR) is 102 cm³/mol. The summed E-state index contributed by atoms with van der Waals surface area (Å²) in [7, 11) is 0. The molecule has 0 spiro atoms. The molecule has 4 nitrogen and oxygen atoms in total. The van der Waals surface area contributed by atoms with Crippen LogP contribution in [0.1, 0.15) is 24.9 Å². The van der Waals surface area contributed by atoms with Gasteiger partial charge in [-0.25, -0.2) is 0 Å². The average molecular weight is 407 g/mol. The molecule has 0 aliphatic rings. The molecule has 0 heterocycles. The molecule has 0 saturated heterocycles. The Hall–Kier alpha value is -1.79. The summed E-state index contributed by atoms with van der Waals surface area (Å²) >= 11 is 4.96. The smallest absolute Gasteiger partial charge is 0.226 e. The highest BCUT2D eigenvalue weighted by molar-refractivity contribution is 9.10. The number of hydrogen-bond donors (Lipinski definition) is 2. The van der Waals surface area contributed by atoms with E-state index in [-0.39, 0.29) is 24.3 Å². The van der Waals surface area contributed by atoms with Crippen molar-refractivity contribution in [1.82, 2.24) is 5.32 Å². The van der Waals surface area contributed by atoms with Gasteiger partial charge in [0, 0.05) is 16.3 Å². The van der Waals surface area contributed by atoms with E-state index >= 15 is 0 Å². The fourth-order valence-electron chi connectivity index (χ4n) is 2.33. The van der Waals surface area contributed by atoms with Crippen LogP contribution in [0.15, 0.2) is 57.9 Å². The lowest BCUT2D eigenvalue weighted by molar-refractivity contribution is -0.120. The Bertz CT molecular complexity index is 719. The van der Waals surface area contributed by atoms with Crippen LogP contribution in [0.5, 0.6) is 0 Å². The number of carbonyl (C=O) groups excluding carboxylic acids is 2. The highest BCUT2D eigenvalue weighted by Gasteiger charge is 2.18. The fraction of sp³-hybridized carbons (Fsp3) is 0.222. The molecule has 1 atom stereocenters. The van der Waals surface area contributed by atoms with Gasteiger partial charge < -0.3 is 10.6 Å². The molecule has 0 bridgehead atoms. The standard InChI is InChI=1S/C18H19BrN2O2S/c1-12(22)20-16(13-7-9-14(19)10-8-13)11-18(23)21-15-5-3-4-6-17(15)24-2/h3-10,16H,11H2,1-2H3,(H,20,22)(H,21,23). The summed E-state index contributed by atoms with van der Waals surface area (Å²) in [4.78, 5) is 24.9. The molecular weight excluding hydrogens is 388 g/mol. The van der Waals surface area contributed by atoms with Crippen LogP contribution in [0.4, 0.5) is 5.69 Å². The number of anilines is 1. The normalized spacial score (nSPS) is 11.6. The molecule has 2 rings (SSSR count). The first-order valence-corrected chi connectivity index (χ1v) is 9.47. The SMILES string of the molecule is CSc1ccccc1NC(=O)CC(NC(C)=O)c1ccc(Br)cc1. The Kier molecular flexibility index (Phi) is 6.87. The number of carbonyl (C=O) groups is 2. The number of nitrogens with one attached hydrogen (secondary N) is 2. The Labute approximate surface area is 154 Å². The minimum atomic E-state index is -0.364. The summed E-state index contributed by atoms with van der Waals surface area (Å²) in [5.41, 5.74) is 1.68. The Morgan fingerprint density at radius 1 is 1.12 bits per heavy atom. The van der Waals surface area contributed by atoms with Gasteiger partial charge in [0.2, 0.25) is 11.8 Å². The zero-order valence-electron chi connectivity index (χ0n) is 13.5. The van der Waals surface area contributed by atoms with E-state index in [2.05, 4.69) is 26.6 Å². The molecule has 2 N–H and O–H groups in total. The average Bonchev–Trinajstić information content (AvgIpc) is 2.55. The van der Waals surface area contributed by atoms with E-state index in [0.717, 1.165) is 20.6 Å². The zero-order valence-corrected chi connectivity index (χ0v) is 15.9. The number of amides is 2. The largest absolute Gasteiger partial charge is 0.349 e. The quantitative estimate of drug-likeness (QED) is 0.699. The van der Waals surface area contributed by atoms with Gasteiger partial charge in [-0.1, -0.05) is 40.2 Å². The minimum Gasteiger partial charge on any atom is -0.349 e. The third kappa shape index (κ3) is 5.39. The molecule has 0 radical (unpaired) electrons. The molecule has 2 aromatic carbocycles. The third-order valence-corrected chi connectivity index (χ3v) is 4.74. The lowest BCUT2D eigenvalue weighted by atomic mass is 10.0. The predicted octanol–water partition coefficient (Wildman–Crippen LogP) is 4.38. The van der Waals surface area contributed by atoms with Crippen molar-refractivity contribution in [3.8, 4) is 0 Å². The van der Waals surface area contributed by atoms with Crippen molar-refractivity contribution in [2.24, 2.45) is 0 Å². The van der Waals surface area contributed by atoms with Gasteiger partial charge in [0.25, 0.3) is 0 Å². The van der Waals surface area contributed by atoms with E-state index in [1.807, 2.05) is 54.8 Å². The van der Waals surface area contributed by atoms with E-state index < -0.39 is 0 Å². The molecule has 0 aliphatic carbocycles. The van der Waals surface area contributed by atoms with E-state index in [1.165, 1.54) is 6.92 Å². The molecule has 0 aliphatic heterocycles. The summed E-state index contributed by atoms with van der Waals surface area (Å²) in [6.45, 7) is 1.45. The first-order chi connectivity index (χ1) is 11.5. The molecule has 2 amide bonds. The summed E-state index contributed by atoms with van der Waals surface area (Å²) in [5, 5.41) is 5.77. The molecule has 2 aromatic rings. The highest BCUT2D eigenvalue weighted by Crippen LogP contribution is 2.26. The van der Waals surface area contributed by atoms with Crippen LogP contribution in [0, 0.1) is 0 Å². The van der Waals surface area contributed by atoms with E-state index in [0.29, 0.717) is 0 Å². The summed E-state index contributed by atoms with van der Waals surface area (Å²) < 4.78 is 0.950. The maximum Gasteiger partial charge on any atom is 0.226 e. The second-order valence-corrected chi connectivity index (χ2v) is 7.02. The van der Waals surface area contributed by atoms with Crippen molar-refractivity contribution >= 4 is 45.2 Å². The van der Waals surface area contributed by atoms with Gasteiger partial charge in [-0.15, -0.1) is 11.8 Å². The molecular formula is C18H19BrN2O2S. The number of thioether (sulfide) groups is 1. The topological polar surface area (TPSA) is 58.2 Å². The Morgan fingerprint density at radius 3 is 2.42 bits per heavy atom. The van der Waals surface area contributed by atoms with Crippen LogP contribution >= 0.6 is 27.7 Å². The van der Waals surface area contributed by atoms with Gasteiger partial charge in [-0.3, -0.25) is 9.59 Å². The van der Waals surface area contributed by atoms with Gasteiger partial charge in [0.05, 0.1) is 18.2 Å². The van der Waals surface area contributed by atoms with E-state index in [9.17, 15) is 9.59 Å². The molecule has 126 valence electrons. The molecule has 1 unspecified atom stereocenters. The van der Waals surface area contributed by atoms with Crippen molar-refractivity contribution in [3.05, 3.63) is 58.6 Å².